The van der Waals surface area contributed by atoms with Gasteiger partial charge >= 0.3 is 11.9 Å². The minimum Gasteiger partial charge on any atom is -0.481 e. The second-order valence-corrected chi connectivity index (χ2v) is 78.9. The molecule has 0 heterocycles. The summed E-state index contributed by atoms with van der Waals surface area (Å²) in [6.45, 7) is 27.3. The predicted octanol–water partition coefficient (Wildman–Crippen LogP) is 11.3. The lowest BCUT2D eigenvalue weighted by molar-refractivity contribution is -0.240. The Balaban J connectivity index is 0.000000199. The van der Waals surface area contributed by atoms with Crippen molar-refractivity contribution >= 4 is 303 Å². The largest absolute Gasteiger partial charge is 0.481 e. The number of aliphatic carboxylic acids is 2. The molecule has 0 aromatic rings. The highest BCUT2D eigenvalue weighted by Crippen LogP contribution is 2.78. The molecule has 10 aliphatic rings. The second-order valence-electron chi connectivity index (χ2n) is 31.1. The predicted molar refractivity (Wildman–Crippen MR) is 492 cm³/mol. The van der Waals surface area contributed by atoms with Crippen LogP contribution in [-0.4, -0.2) is 72.8 Å². The van der Waals surface area contributed by atoms with Gasteiger partial charge in [0.2, 0.25) is 0 Å². The van der Waals surface area contributed by atoms with E-state index in [0.29, 0.717) is 37.5 Å². The Bertz CT molecular complexity index is 4410. The highest BCUT2D eigenvalue weighted by atomic mass is 33.5. The van der Waals surface area contributed by atoms with Crippen molar-refractivity contribution in [3.63, 3.8) is 0 Å². The van der Waals surface area contributed by atoms with E-state index in [1.165, 1.54) is 46.7 Å². The van der Waals surface area contributed by atoms with Crippen LogP contribution in [0.25, 0.3) is 0 Å². The summed E-state index contributed by atoms with van der Waals surface area (Å²) in [5.41, 5.74) is -0.837. The molecule has 0 saturated heterocycles. The summed E-state index contributed by atoms with van der Waals surface area (Å²) in [5, 5.41) is 65.4. The number of aliphatic hydroxyl groups is 4. The number of carboxylic acid groups (broad SMARTS) is 2. The highest BCUT2D eigenvalue weighted by molar-refractivity contribution is 8.78. The number of hydrogen-bond donors (Lipinski definition) is 6. The van der Waals surface area contributed by atoms with Gasteiger partial charge in [0, 0.05) is 285 Å². The lowest BCUT2D eigenvalue weighted by Crippen LogP contribution is -2.68. The zero-order valence-corrected chi connectivity index (χ0v) is 82.2. The van der Waals surface area contributed by atoms with E-state index in [0.717, 1.165) is 103 Å². The molecule has 8 saturated carbocycles. The molecule has 0 spiro atoms. The summed E-state index contributed by atoms with van der Waals surface area (Å²) < 4.78 is 0. The molecule has 0 radical (unpaired) electrons. The molecule has 8 fully saturated rings. The van der Waals surface area contributed by atoms with E-state index in [9.17, 15) is 45.0 Å². The van der Waals surface area contributed by atoms with E-state index in [1.54, 1.807) is 204 Å². The maximum atomic E-state index is 12.8. The summed E-state index contributed by atoms with van der Waals surface area (Å²) in [6, 6.07) is 0. The standard InChI is InChI=1S/C30H46O4.C29H46O5.S16.S15/c1-25(2)13-15-30(24(33)34)16-14-28(5)19(20(30)17-25)7-8-22-26(3)11-10-23(32)27(4,18-31)21(26)9-12-29(22,28)6;1-24(2)13-14-29(23(32)33)18(15-24)17-7-8-19-25(3)11-10-21(30)28(6,34)20(25)9-12-26(19,4)27(17,5)16-22(29)31;1-3-5-7-9-11-13-15-16-14-12-10-8-6-4-2;1-3-5-7-9-11-13-15-14-12-10-8-6-4-2/h7,18,20-23,32H,8-17H2,1-6H3,(H,33,34);7,18-22,30-31,34H,8-16H2,1-6H3,(H,32,33);;/t20?,21-,22?,23+,26?,27-,28-,29+,30?;18?,19?,20-,21+,22+,25?,26+,27-,28-,29?;;/m11../s1. The molecule has 8 unspecified atom stereocenters. The number of carbonyl (C=O) groups is 3. The molecule has 99 heavy (non-hydrogen) atoms. The van der Waals surface area contributed by atoms with Gasteiger partial charge in [-0.05, 0) is 208 Å². The summed E-state index contributed by atoms with van der Waals surface area (Å²) in [6.07, 6.45) is 19.8. The van der Waals surface area contributed by atoms with Gasteiger partial charge in [-0.2, -0.15) is 0 Å². The molecule has 10 aliphatic carbocycles. The van der Waals surface area contributed by atoms with Crippen LogP contribution in [0, 0.1) is 95.1 Å². The number of fused-ring (bicyclic) bond motifs is 14. The maximum Gasteiger partial charge on any atom is 0.312 e. The zero-order valence-electron chi connectivity index (χ0n) is 56.9. The van der Waals surface area contributed by atoms with Crippen molar-refractivity contribution in [1.29, 1.82) is 0 Å². The Morgan fingerprint density at radius 1 is 0.404 bits per heavy atom. The van der Waals surface area contributed by atoms with Crippen LogP contribution in [0.3, 0.4) is 0 Å². The maximum absolute atomic E-state index is 12.8. The van der Waals surface area contributed by atoms with Gasteiger partial charge in [0.15, 0.2) is 0 Å². The highest BCUT2D eigenvalue weighted by Gasteiger charge is 2.73. The van der Waals surface area contributed by atoms with Gasteiger partial charge in [-0.3, -0.25) is 9.59 Å². The molecule has 0 bridgehead atoms. The summed E-state index contributed by atoms with van der Waals surface area (Å²) in [4.78, 5) is 37.8. The third kappa shape index (κ3) is 19.6. The molecule has 19 atom stereocenters. The van der Waals surface area contributed by atoms with Gasteiger partial charge in [-0.15, -0.1) is 0 Å². The molecule has 6 N–H and O–H groups in total. The minimum atomic E-state index is -1.09. The average molecular weight is 1940 g/mol. The number of hydrogen-bond acceptors (Lipinski definition) is 11. The number of allylic oxidation sites excluding steroid dienone is 4. The number of carboxylic acids is 2. The third-order valence-electron chi connectivity index (χ3n) is 26.4. The van der Waals surface area contributed by atoms with Gasteiger partial charge in [0.25, 0.3) is 0 Å². The number of aliphatic hydroxyl groups excluding tert-OH is 3. The van der Waals surface area contributed by atoms with Crippen LogP contribution < -0.4 is 0 Å². The van der Waals surface area contributed by atoms with Crippen LogP contribution in [-0.2, 0) is 299 Å². The molecule has 10 rings (SSSR count). The lowest BCUT2D eigenvalue weighted by atomic mass is 9.33. The van der Waals surface area contributed by atoms with Crippen LogP contribution >= 0.6 is 0 Å². The number of aldehydes is 1. The first-order valence-corrected chi connectivity index (χ1v) is 70.9. The number of rotatable bonds is 3. The first-order chi connectivity index (χ1) is 46.6. The molecule has 0 aromatic heterocycles. The van der Waals surface area contributed by atoms with Crippen molar-refractivity contribution in [3.05, 3.63) is 23.3 Å². The van der Waals surface area contributed by atoms with Crippen LogP contribution in [0.5, 0.6) is 0 Å². The van der Waals surface area contributed by atoms with Crippen molar-refractivity contribution in [2.75, 3.05) is 0 Å². The Hall–Kier alpha value is 4.75. The molecule has 0 aromatic carbocycles. The van der Waals surface area contributed by atoms with Crippen molar-refractivity contribution in [1.82, 2.24) is 0 Å². The van der Waals surface area contributed by atoms with Gasteiger partial charge < -0.3 is 35.4 Å². The Morgan fingerprint density at radius 3 is 1.18 bits per heavy atom. The van der Waals surface area contributed by atoms with Crippen LogP contribution in [0.1, 0.15) is 205 Å². The minimum absolute atomic E-state index is 0.00538. The molecule has 9 nitrogen and oxygen atoms in total. The van der Waals surface area contributed by atoms with Gasteiger partial charge in [0.1, 0.15) is 11.7 Å². The van der Waals surface area contributed by atoms with Crippen molar-refractivity contribution in [2.45, 2.75) is 229 Å². The SMILES string of the molecule is CC1(C)CCC2(C(=O)O)C(C1)C1=CCC3C4(C)CC[C@H](O)[C@](C)(O)[C@@H]4CC[C@]3(C)[C@]1(C)C[C@@H]2O.CC1(C)CCC2(C(=O)O)CC[C@]3(C)C(=CCC4C5(C)CC[C@H](O)[C@](C)(C=O)[C@@H]5CC[C@@]43C)C2C1.S=S=S=S=S=S=S=S=S=S=S=S=S=S=S.S=S=S=S=S=S=S=S=S=S=S=S=S=S=S=S. The lowest BCUT2D eigenvalue weighted by Gasteiger charge is -2.71. The van der Waals surface area contributed by atoms with E-state index >= 15 is 0 Å². The van der Waals surface area contributed by atoms with E-state index in [1.807, 2.05) is 13.8 Å². The van der Waals surface area contributed by atoms with E-state index in [4.69, 9.17) is 44.8 Å². The second kappa shape index (κ2) is 39.2. The summed E-state index contributed by atoms with van der Waals surface area (Å²) in [5.74, 6) is -0.397. The molecule has 0 aliphatic heterocycles. The first-order valence-electron chi connectivity index (χ1n) is 32.2. The van der Waals surface area contributed by atoms with E-state index in [-0.39, 0.29) is 67.0 Å². The molecular weight excluding hydrogens is 1850 g/mol. The quantitative estimate of drug-likeness (QED) is 0.117. The molecule has 568 valence electrons. The fourth-order valence-corrected chi connectivity index (χ4v) is 84.3. The van der Waals surface area contributed by atoms with Crippen LogP contribution in [0.4, 0.5) is 0 Å². The van der Waals surface area contributed by atoms with Gasteiger partial charge in [-0.1, -0.05) is 99.5 Å². The molecule has 40 heteroatoms. The summed E-state index contributed by atoms with van der Waals surface area (Å²) in [7, 11) is 45.3. The first kappa shape index (κ1) is 90.9. The monoisotopic (exact) mass is 1940 g/mol. The van der Waals surface area contributed by atoms with Gasteiger partial charge in [-0.25, -0.2) is 0 Å². The molecular formula is C59H92O9S31. The fourth-order valence-electron chi connectivity index (χ4n) is 21.2. The van der Waals surface area contributed by atoms with Gasteiger partial charge in [0.05, 0.1) is 34.7 Å². The van der Waals surface area contributed by atoms with Crippen LogP contribution in [0.15, 0.2) is 23.3 Å². The smallest absolute Gasteiger partial charge is 0.312 e. The Morgan fingerprint density at radius 2 is 0.768 bits per heavy atom. The summed E-state index contributed by atoms with van der Waals surface area (Å²) >= 11 is 18.9. The van der Waals surface area contributed by atoms with E-state index in [2.05, 4.69) is 81.4 Å². The Labute approximate surface area is 684 Å². The average Bonchev–Trinajstić information content (AvgIpc) is 0.683. The normalized spacial score (nSPS) is 40.1. The van der Waals surface area contributed by atoms with Crippen molar-refractivity contribution in [3.8, 4) is 0 Å². The van der Waals surface area contributed by atoms with E-state index < -0.39 is 52.1 Å². The molecule has 0 amide bonds. The van der Waals surface area contributed by atoms with Crippen molar-refractivity contribution < 1.29 is 45.0 Å². The van der Waals surface area contributed by atoms with Crippen molar-refractivity contribution in [2.24, 2.45) is 95.1 Å². The zero-order chi connectivity index (χ0) is 73.2. The Kier molecular flexibility index (Phi) is 36.0. The third-order valence-corrected chi connectivity index (χ3v) is 81.9. The van der Waals surface area contributed by atoms with Crippen LogP contribution in [0.2, 0.25) is 0 Å². The number of carbonyl (C=O) groups excluding carboxylic acids is 1. The topological polar surface area (TPSA) is 173 Å². The fraction of sp³-hybridized carbons (Fsp3) is 0.881.